The molecule has 0 spiro atoms. The molecule has 6 rings (SSSR count). The minimum atomic E-state index is -1.67. The number of alkyl halides is 1. The van der Waals surface area contributed by atoms with Crippen LogP contribution in [0.25, 0.3) is 11.7 Å². The van der Waals surface area contributed by atoms with E-state index >= 15 is 4.39 Å². The standard InChI is InChI=1S/C19H13FN8O2/c1-11-6-7-14(29-11)17-23-19(24-30-17)26-10-22-16-12-4-2-3-5-13(12)27-15(28(16)26)8-25(9-21)18(27)20/h2-8,10,16,18H,1H3. The number of aromatic nitrogens is 2. The van der Waals surface area contributed by atoms with E-state index in [1.165, 1.54) is 11.1 Å². The van der Waals surface area contributed by atoms with Crippen LogP contribution in [0.4, 0.5) is 16.0 Å². The Kier molecular flexibility index (Phi) is 3.23. The van der Waals surface area contributed by atoms with Gasteiger partial charge in [0.1, 0.15) is 12.1 Å². The Hall–Kier alpha value is -4.33. The molecule has 0 radical (unpaired) electrons. The summed E-state index contributed by atoms with van der Waals surface area (Å²) in [6, 6.07) is 10.9. The van der Waals surface area contributed by atoms with Crippen molar-refractivity contribution in [3.05, 3.63) is 59.7 Å². The molecule has 3 aliphatic heterocycles. The number of benzene rings is 1. The molecule has 0 amide bonds. The van der Waals surface area contributed by atoms with Gasteiger partial charge in [-0.1, -0.05) is 18.2 Å². The molecule has 0 saturated carbocycles. The van der Waals surface area contributed by atoms with Crippen LogP contribution < -0.4 is 9.91 Å². The van der Waals surface area contributed by atoms with Crippen LogP contribution in [-0.4, -0.2) is 32.8 Å². The molecule has 10 nitrogen and oxygen atoms in total. The first-order valence-electron chi connectivity index (χ1n) is 9.10. The van der Waals surface area contributed by atoms with Crippen LogP contribution in [0.5, 0.6) is 0 Å². The summed E-state index contributed by atoms with van der Waals surface area (Å²) < 4.78 is 25.9. The molecule has 148 valence electrons. The van der Waals surface area contributed by atoms with E-state index in [9.17, 15) is 5.26 Å². The summed E-state index contributed by atoms with van der Waals surface area (Å²) in [6.07, 6.45) is 2.72. The Bertz CT molecular complexity index is 1260. The van der Waals surface area contributed by atoms with E-state index in [0.29, 0.717) is 17.3 Å². The van der Waals surface area contributed by atoms with Gasteiger partial charge < -0.3 is 8.94 Å². The van der Waals surface area contributed by atoms with Crippen molar-refractivity contribution in [1.82, 2.24) is 20.0 Å². The van der Waals surface area contributed by atoms with Crippen molar-refractivity contribution in [1.29, 1.82) is 5.26 Å². The zero-order valence-corrected chi connectivity index (χ0v) is 15.5. The van der Waals surface area contributed by atoms with Gasteiger partial charge >= 0.3 is 0 Å². The number of fused-ring (bicyclic) bond motifs is 6. The fourth-order valence-electron chi connectivity index (χ4n) is 3.81. The first-order chi connectivity index (χ1) is 14.7. The number of hydrazine groups is 1. The maximum absolute atomic E-state index is 15.0. The molecule has 0 fully saturated rings. The number of rotatable bonds is 2. The van der Waals surface area contributed by atoms with Gasteiger partial charge in [-0.2, -0.15) is 14.6 Å². The van der Waals surface area contributed by atoms with Gasteiger partial charge in [-0.25, -0.2) is 19.9 Å². The maximum Gasteiger partial charge on any atom is 0.295 e. The number of hydrogen-bond acceptors (Lipinski definition) is 10. The molecule has 2 atom stereocenters. The van der Waals surface area contributed by atoms with Gasteiger partial charge in [-0.3, -0.25) is 4.90 Å². The van der Waals surface area contributed by atoms with Crippen molar-refractivity contribution < 1.29 is 13.3 Å². The van der Waals surface area contributed by atoms with E-state index in [1.54, 1.807) is 34.6 Å². The van der Waals surface area contributed by atoms with Crippen molar-refractivity contribution in [3.8, 4) is 17.8 Å². The first-order valence-corrected chi connectivity index (χ1v) is 9.10. The number of aryl methyl sites for hydroxylation is 1. The summed E-state index contributed by atoms with van der Waals surface area (Å²) in [6.45, 7) is 1.82. The number of halogens is 1. The lowest BCUT2D eigenvalue weighted by Gasteiger charge is -2.42. The highest BCUT2D eigenvalue weighted by Gasteiger charge is 2.48. The molecule has 0 saturated heterocycles. The van der Waals surface area contributed by atoms with E-state index in [-0.39, 0.29) is 11.8 Å². The molecule has 11 heteroatoms. The van der Waals surface area contributed by atoms with Crippen LogP contribution in [0, 0.1) is 18.4 Å². The van der Waals surface area contributed by atoms with Gasteiger partial charge in [0.15, 0.2) is 23.9 Å². The molecule has 2 unspecified atom stereocenters. The molecule has 5 heterocycles. The number of aliphatic imine (C=N–C) groups is 1. The summed E-state index contributed by atoms with van der Waals surface area (Å²) in [5.41, 5.74) is 1.44. The van der Waals surface area contributed by atoms with Gasteiger partial charge in [0.05, 0.1) is 11.9 Å². The molecular formula is C19H13FN8O2. The molecule has 2 aromatic heterocycles. The zero-order valence-electron chi connectivity index (χ0n) is 15.5. The van der Waals surface area contributed by atoms with Crippen molar-refractivity contribution in [2.45, 2.75) is 19.5 Å². The van der Waals surface area contributed by atoms with Gasteiger partial charge in [0, 0.05) is 5.56 Å². The summed E-state index contributed by atoms with van der Waals surface area (Å²) in [7, 11) is 0. The Balaban J connectivity index is 1.44. The van der Waals surface area contributed by atoms with Crippen molar-refractivity contribution >= 4 is 18.0 Å². The summed E-state index contributed by atoms with van der Waals surface area (Å²) in [5, 5.41) is 16.7. The SMILES string of the molecule is Cc1ccc(-c2nc(N3C=NC4c5ccccc5N5C(=CN(C#N)C5F)N43)no2)o1. The minimum absolute atomic E-state index is 0.205. The minimum Gasteiger partial charge on any atom is -0.456 e. The second-order valence-electron chi connectivity index (χ2n) is 6.87. The molecule has 1 aromatic carbocycles. The van der Waals surface area contributed by atoms with Crippen LogP contribution >= 0.6 is 0 Å². The molecule has 30 heavy (non-hydrogen) atoms. The van der Waals surface area contributed by atoms with E-state index < -0.39 is 12.6 Å². The predicted molar refractivity (Wildman–Crippen MR) is 102 cm³/mol. The van der Waals surface area contributed by atoms with Crippen LogP contribution in [0.15, 0.2) is 62.4 Å². The number of furan rings is 1. The van der Waals surface area contributed by atoms with Gasteiger partial charge in [-0.05, 0) is 30.3 Å². The lowest BCUT2D eigenvalue weighted by atomic mass is 10.1. The largest absolute Gasteiger partial charge is 0.456 e. The highest BCUT2D eigenvalue weighted by Crippen LogP contribution is 2.48. The van der Waals surface area contributed by atoms with Crippen LogP contribution in [0.3, 0.4) is 0 Å². The van der Waals surface area contributed by atoms with Gasteiger partial charge in [0.2, 0.25) is 0 Å². The molecule has 3 aromatic rings. The Morgan fingerprint density at radius 2 is 2.07 bits per heavy atom. The maximum atomic E-state index is 15.0. The Labute approximate surface area is 169 Å². The smallest absolute Gasteiger partial charge is 0.295 e. The lowest BCUT2D eigenvalue weighted by Crippen LogP contribution is -2.49. The second-order valence-corrected chi connectivity index (χ2v) is 6.87. The number of nitriles is 1. The van der Waals surface area contributed by atoms with Crippen LogP contribution in [0.1, 0.15) is 17.5 Å². The molecule has 3 aliphatic rings. The number of para-hydroxylation sites is 1. The Morgan fingerprint density at radius 1 is 1.20 bits per heavy atom. The van der Waals surface area contributed by atoms with Crippen molar-refractivity contribution in [2.75, 3.05) is 9.91 Å². The highest BCUT2D eigenvalue weighted by molar-refractivity contribution is 5.80. The van der Waals surface area contributed by atoms with Gasteiger partial charge in [0.25, 0.3) is 18.3 Å². The highest BCUT2D eigenvalue weighted by atomic mass is 19.1. The third-order valence-corrected chi connectivity index (χ3v) is 5.12. The normalized spacial score (nSPS) is 21.4. The average molecular weight is 404 g/mol. The van der Waals surface area contributed by atoms with E-state index in [2.05, 4.69) is 15.1 Å². The molecule has 0 N–H and O–H groups in total. The molecule has 0 bridgehead atoms. The first kappa shape index (κ1) is 16.6. The van der Waals surface area contributed by atoms with Crippen molar-refractivity contribution in [2.24, 2.45) is 4.99 Å². The zero-order chi connectivity index (χ0) is 20.4. The topological polar surface area (TPSA) is 101 Å². The average Bonchev–Trinajstić information content (AvgIpc) is 3.53. The summed E-state index contributed by atoms with van der Waals surface area (Å²) in [4.78, 5) is 11.3. The fourth-order valence-corrected chi connectivity index (χ4v) is 3.81. The number of anilines is 2. The third kappa shape index (κ3) is 2.12. The molecular weight excluding hydrogens is 391 g/mol. The fraction of sp³-hybridized carbons (Fsp3) is 0.158. The summed E-state index contributed by atoms with van der Waals surface area (Å²) in [5.74, 6) is 2.02. The van der Waals surface area contributed by atoms with E-state index in [0.717, 1.165) is 16.2 Å². The van der Waals surface area contributed by atoms with Crippen LogP contribution in [0.2, 0.25) is 0 Å². The number of hydrogen-bond donors (Lipinski definition) is 0. The summed E-state index contributed by atoms with van der Waals surface area (Å²) >= 11 is 0. The van der Waals surface area contributed by atoms with Crippen LogP contribution in [-0.2, 0) is 0 Å². The van der Waals surface area contributed by atoms with E-state index in [1.807, 2.05) is 31.3 Å². The third-order valence-electron chi connectivity index (χ3n) is 5.12. The van der Waals surface area contributed by atoms with Crippen molar-refractivity contribution in [3.63, 3.8) is 0 Å². The predicted octanol–water partition coefficient (Wildman–Crippen LogP) is 3.07. The monoisotopic (exact) mass is 404 g/mol. The number of nitrogens with zero attached hydrogens (tertiary/aromatic N) is 8. The Morgan fingerprint density at radius 3 is 2.87 bits per heavy atom. The quantitative estimate of drug-likeness (QED) is 0.471. The second kappa shape index (κ2) is 5.84. The molecule has 0 aliphatic carbocycles. The lowest BCUT2D eigenvalue weighted by molar-refractivity contribution is 0.191. The van der Waals surface area contributed by atoms with Gasteiger partial charge in [-0.15, -0.1) is 0 Å². The van der Waals surface area contributed by atoms with E-state index in [4.69, 9.17) is 8.94 Å².